The number of benzene rings is 1. The zero-order valence-corrected chi connectivity index (χ0v) is 9.68. The topological polar surface area (TPSA) is 26.3 Å². The Hall–Kier alpha value is -1.59. The molecule has 2 nitrogen and oxygen atoms in total. The lowest BCUT2D eigenvalue weighted by Crippen LogP contribution is -2.10. The third-order valence-electron chi connectivity index (χ3n) is 2.26. The van der Waals surface area contributed by atoms with Crippen molar-refractivity contribution in [3.63, 3.8) is 0 Å². The molecule has 0 radical (unpaired) electrons. The van der Waals surface area contributed by atoms with Gasteiger partial charge >= 0.3 is 12.1 Å². The Morgan fingerprint density at radius 1 is 1.33 bits per heavy atom. The van der Waals surface area contributed by atoms with Gasteiger partial charge in [-0.25, -0.2) is 4.39 Å². The summed E-state index contributed by atoms with van der Waals surface area (Å²) in [6.07, 6.45) is -4.68. The highest BCUT2D eigenvalue weighted by molar-refractivity contribution is 5.69. The maximum absolute atomic E-state index is 13.0. The highest BCUT2D eigenvalue weighted by Gasteiger charge is 2.34. The summed E-state index contributed by atoms with van der Waals surface area (Å²) in [5, 5.41) is 0. The minimum atomic E-state index is -4.73. The van der Waals surface area contributed by atoms with Gasteiger partial charge in [0.05, 0.1) is 12.2 Å². The van der Waals surface area contributed by atoms with E-state index in [0.717, 1.165) is 6.07 Å². The molecule has 0 aromatic heterocycles. The third kappa shape index (κ3) is 4.01. The summed E-state index contributed by atoms with van der Waals surface area (Å²) >= 11 is 0. The van der Waals surface area contributed by atoms with Crippen molar-refractivity contribution in [3.05, 3.63) is 35.1 Å². The van der Waals surface area contributed by atoms with Crippen LogP contribution in [0.5, 0.6) is 0 Å². The van der Waals surface area contributed by atoms with Gasteiger partial charge in [-0.15, -0.1) is 0 Å². The summed E-state index contributed by atoms with van der Waals surface area (Å²) in [5.74, 6) is -1.81. The molecule has 0 N–H and O–H groups in total. The molecule has 0 fully saturated rings. The Kier molecular flexibility index (Phi) is 4.69. The molecule has 0 aliphatic rings. The van der Waals surface area contributed by atoms with Gasteiger partial charge in [0.15, 0.2) is 0 Å². The number of hydrogen-bond donors (Lipinski definition) is 0. The van der Waals surface area contributed by atoms with Gasteiger partial charge in [0.1, 0.15) is 5.82 Å². The van der Waals surface area contributed by atoms with Crippen molar-refractivity contribution >= 4 is 5.97 Å². The summed E-state index contributed by atoms with van der Waals surface area (Å²) in [4.78, 5) is 11.0. The number of esters is 1. The van der Waals surface area contributed by atoms with Crippen LogP contribution < -0.4 is 0 Å². The van der Waals surface area contributed by atoms with Crippen molar-refractivity contribution in [2.24, 2.45) is 0 Å². The first-order valence-electron chi connectivity index (χ1n) is 5.36. The van der Waals surface area contributed by atoms with E-state index in [2.05, 4.69) is 4.74 Å². The number of carbonyl (C=O) groups is 1. The van der Waals surface area contributed by atoms with Crippen LogP contribution in [-0.4, -0.2) is 12.6 Å². The van der Waals surface area contributed by atoms with Crippen molar-refractivity contribution in [1.29, 1.82) is 0 Å². The van der Waals surface area contributed by atoms with Gasteiger partial charge in [-0.3, -0.25) is 4.79 Å². The minimum absolute atomic E-state index is 0.0310. The summed E-state index contributed by atoms with van der Waals surface area (Å²) in [6, 6.07) is 2.70. The number of aryl methyl sites for hydroxylation is 1. The van der Waals surface area contributed by atoms with Crippen molar-refractivity contribution in [1.82, 2.24) is 0 Å². The molecule has 0 bridgehead atoms. The third-order valence-corrected chi connectivity index (χ3v) is 2.26. The van der Waals surface area contributed by atoms with E-state index in [-0.39, 0.29) is 25.0 Å². The fourth-order valence-corrected chi connectivity index (χ4v) is 1.42. The molecule has 0 heterocycles. The molecule has 0 aliphatic carbocycles. The molecule has 0 saturated carbocycles. The molecule has 1 aromatic rings. The molecule has 100 valence electrons. The van der Waals surface area contributed by atoms with Crippen LogP contribution in [0.2, 0.25) is 0 Å². The maximum atomic E-state index is 13.0. The Balaban J connectivity index is 2.77. The Bertz CT molecular complexity index is 427. The number of ether oxygens (including phenoxy) is 1. The van der Waals surface area contributed by atoms with Gasteiger partial charge in [0.2, 0.25) is 0 Å². The SMILES string of the molecule is CCOC(=O)CCc1ccc(F)c(C(F)(F)F)c1. The molecule has 0 atom stereocenters. The largest absolute Gasteiger partial charge is 0.466 e. The first-order chi connectivity index (χ1) is 8.34. The number of alkyl halides is 3. The summed E-state index contributed by atoms with van der Waals surface area (Å²) < 4.78 is 54.9. The average Bonchev–Trinajstić information content (AvgIpc) is 2.27. The van der Waals surface area contributed by atoms with E-state index in [9.17, 15) is 22.4 Å². The van der Waals surface area contributed by atoms with Crippen molar-refractivity contribution in [3.8, 4) is 0 Å². The number of halogens is 4. The second kappa shape index (κ2) is 5.84. The predicted molar refractivity (Wildman–Crippen MR) is 56.4 cm³/mol. The zero-order chi connectivity index (χ0) is 13.8. The lowest BCUT2D eigenvalue weighted by atomic mass is 10.1. The number of rotatable bonds is 4. The van der Waals surface area contributed by atoms with Crippen LogP contribution in [0.4, 0.5) is 17.6 Å². The van der Waals surface area contributed by atoms with Gasteiger partial charge in [0.25, 0.3) is 0 Å². The number of carbonyl (C=O) groups excluding carboxylic acids is 1. The van der Waals surface area contributed by atoms with Crippen molar-refractivity contribution < 1.29 is 27.1 Å². The van der Waals surface area contributed by atoms with E-state index in [1.807, 2.05) is 0 Å². The van der Waals surface area contributed by atoms with E-state index >= 15 is 0 Å². The van der Waals surface area contributed by atoms with Crippen LogP contribution >= 0.6 is 0 Å². The van der Waals surface area contributed by atoms with E-state index in [4.69, 9.17) is 0 Å². The van der Waals surface area contributed by atoms with Gasteiger partial charge < -0.3 is 4.74 Å². The normalized spacial score (nSPS) is 11.4. The smallest absolute Gasteiger partial charge is 0.419 e. The molecule has 0 spiro atoms. The number of hydrogen-bond acceptors (Lipinski definition) is 2. The molecule has 0 unspecified atom stereocenters. The van der Waals surface area contributed by atoms with Crippen LogP contribution in [0.3, 0.4) is 0 Å². The molecule has 18 heavy (non-hydrogen) atoms. The molecule has 1 rings (SSSR count). The molecule has 0 aliphatic heterocycles. The molecule has 0 amide bonds. The van der Waals surface area contributed by atoms with Crippen molar-refractivity contribution in [2.75, 3.05) is 6.61 Å². The van der Waals surface area contributed by atoms with Crippen LogP contribution in [-0.2, 0) is 22.1 Å². The quantitative estimate of drug-likeness (QED) is 0.616. The molecule has 0 saturated heterocycles. The van der Waals surface area contributed by atoms with E-state index in [1.54, 1.807) is 6.92 Å². The highest BCUT2D eigenvalue weighted by Crippen LogP contribution is 2.32. The molecular weight excluding hydrogens is 252 g/mol. The second-order valence-corrected chi connectivity index (χ2v) is 3.62. The van der Waals surface area contributed by atoms with E-state index < -0.39 is 23.5 Å². The van der Waals surface area contributed by atoms with Gasteiger partial charge in [0, 0.05) is 6.42 Å². The van der Waals surface area contributed by atoms with Gasteiger partial charge in [-0.2, -0.15) is 13.2 Å². The Morgan fingerprint density at radius 3 is 2.56 bits per heavy atom. The maximum Gasteiger partial charge on any atom is 0.419 e. The average molecular weight is 264 g/mol. The lowest BCUT2D eigenvalue weighted by molar-refractivity contribution is -0.143. The summed E-state index contributed by atoms with van der Waals surface area (Å²) in [6.45, 7) is 1.85. The monoisotopic (exact) mass is 264 g/mol. The van der Waals surface area contributed by atoms with Crippen LogP contribution in [0.1, 0.15) is 24.5 Å². The molecular formula is C12H12F4O2. The molecule has 6 heteroatoms. The molecule has 1 aromatic carbocycles. The Morgan fingerprint density at radius 2 is 2.00 bits per heavy atom. The lowest BCUT2D eigenvalue weighted by Gasteiger charge is -2.09. The van der Waals surface area contributed by atoms with Crippen LogP contribution in [0, 0.1) is 5.82 Å². The summed E-state index contributed by atoms with van der Waals surface area (Å²) in [7, 11) is 0. The predicted octanol–water partition coefficient (Wildman–Crippen LogP) is 3.34. The van der Waals surface area contributed by atoms with Crippen LogP contribution in [0.15, 0.2) is 18.2 Å². The zero-order valence-electron chi connectivity index (χ0n) is 9.68. The van der Waals surface area contributed by atoms with E-state index in [0.29, 0.717) is 6.07 Å². The fraction of sp³-hybridized carbons (Fsp3) is 0.417. The van der Waals surface area contributed by atoms with Crippen molar-refractivity contribution in [2.45, 2.75) is 25.9 Å². The standard InChI is InChI=1S/C12H12F4O2/c1-2-18-11(17)6-4-8-3-5-10(13)9(7-8)12(14,15)16/h3,5,7H,2,4,6H2,1H3. The highest BCUT2D eigenvalue weighted by atomic mass is 19.4. The van der Waals surface area contributed by atoms with Crippen LogP contribution in [0.25, 0.3) is 0 Å². The van der Waals surface area contributed by atoms with E-state index in [1.165, 1.54) is 6.07 Å². The Labute approximate surface area is 102 Å². The van der Waals surface area contributed by atoms with Gasteiger partial charge in [-0.05, 0) is 31.0 Å². The first-order valence-corrected chi connectivity index (χ1v) is 5.36. The summed E-state index contributed by atoms with van der Waals surface area (Å²) in [5.41, 5.74) is -1.07. The fourth-order valence-electron chi connectivity index (χ4n) is 1.42. The minimum Gasteiger partial charge on any atom is -0.466 e. The first kappa shape index (κ1) is 14.5. The van der Waals surface area contributed by atoms with Gasteiger partial charge in [-0.1, -0.05) is 6.07 Å². The second-order valence-electron chi connectivity index (χ2n) is 3.62.